The molecular weight excluding hydrogens is 174 g/mol. The fourth-order valence-corrected chi connectivity index (χ4v) is 1.61. The van der Waals surface area contributed by atoms with Crippen LogP contribution < -0.4 is 5.32 Å². The minimum absolute atomic E-state index is 0.543. The molecule has 0 aliphatic heterocycles. The van der Waals surface area contributed by atoms with Gasteiger partial charge in [-0.15, -0.1) is 0 Å². The van der Waals surface area contributed by atoms with Gasteiger partial charge >= 0.3 is 0 Å². The van der Waals surface area contributed by atoms with Crippen LogP contribution in [0, 0.1) is 6.92 Å². The summed E-state index contributed by atoms with van der Waals surface area (Å²) in [4.78, 5) is 4.22. The highest BCUT2D eigenvalue weighted by Crippen LogP contribution is 2.11. The molecule has 0 fully saturated rings. The van der Waals surface area contributed by atoms with Gasteiger partial charge in [-0.1, -0.05) is 6.92 Å². The van der Waals surface area contributed by atoms with Gasteiger partial charge in [-0.2, -0.15) is 0 Å². The molecule has 1 heterocycles. The second-order valence-electron chi connectivity index (χ2n) is 3.77. The summed E-state index contributed by atoms with van der Waals surface area (Å²) in [5, 5.41) is 3.41. The fourth-order valence-electron chi connectivity index (χ4n) is 1.61. The third-order valence-electron chi connectivity index (χ3n) is 2.50. The van der Waals surface area contributed by atoms with E-state index in [0.29, 0.717) is 6.04 Å². The number of hydrogen-bond donors (Lipinski definition) is 1. The quantitative estimate of drug-likeness (QED) is 0.705. The third kappa shape index (κ3) is 3.14. The Bertz CT molecular complexity index is 255. The van der Waals surface area contributed by atoms with Crippen molar-refractivity contribution in [1.29, 1.82) is 0 Å². The van der Waals surface area contributed by atoms with Gasteiger partial charge < -0.3 is 9.88 Å². The van der Waals surface area contributed by atoms with Crippen LogP contribution in [0.3, 0.4) is 0 Å². The minimum atomic E-state index is 0.543. The van der Waals surface area contributed by atoms with E-state index in [9.17, 15) is 0 Å². The maximum Gasteiger partial charge on any atom is 0.105 e. The average molecular weight is 195 g/mol. The lowest BCUT2D eigenvalue weighted by Gasteiger charge is -2.15. The van der Waals surface area contributed by atoms with E-state index in [1.807, 2.05) is 6.20 Å². The molecule has 0 amide bonds. The monoisotopic (exact) mass is 195 g/mol. The van der Waals surface area contributed by atoms with Crippen molar-refractivity contribution in [2.24, 2.45) is 0 Å². The number of imidazole rings is 1. The number of nitrogens with zero attached hydrogens (tertiary/aromatic N) is 2. The van der Waals surface area contributed by atoms with Crippen molar-refractivity contribution in [1.82, 2.24) is 14.9 Å². The zero-order valence-corrected chi connectivity index (χ0v) is 9.45. The zero-order chi connectivity index (χ0) is 10.4. The molecule has 80 valence electrons. The number of rotatable bonds is 6. The molecule has 3 heteroatoms. The maximum absolute atomic E-state index is 4.22. The Balaban J connectivity index is 2.28. The first kappa shape index (κ1) is 11.2. The fraction of sp³-hybridized carbons (Fsp3) is 0.727. The Morgan fingerprint density at radius 2 is 2.29 bits per heavy atom. The molecule has 1 atom stereocenters. The first-order valence-electron chi connectivity index (χ1n) is 5.45. The smallest absolute Gasteiger partial charge is 0.105 e. The van der Waals surface area contributed by atoms with Gasteiger partial charge in [0.2, 0.25) is 0 Å². The summed E-state index contributed by atoms with van der Waals surface area (Å²) < 4.78 is 2.23. The van der Waals surface area contributed by atoms with E-state index >= 15 is 0 Å². The Labute approximate surface area is 86.5 Å². The molecule has 3 nitrogen and oxygen atoms in total. The average Bonchev–Trinajstić information content (AvgIpc) is 2.59. The molecule has 1 N–H and O–H groups in total. The van der Waals surface area contributed by atoms with Crippen LogP contribution in [0.2, 0.25) is 0 Å². The van der Waals surface area contributed by atoms with Crippen molar-refractivity contribution in [2.75, 3.05) is 13.1 Å². The predicted molar refractivity (Wildman–Crippen MR) is 59.5 cm³/mol. The first-order chi connectivity index (χ1) is 6.75. The standard InChI is InChI=1S/C11H21N3/c1-4-6-12-7-5-10(2)14-9-8-13-11(14)3/h8-10,12H,4-7H2,1-3H3. The van der Waals surface area contributed by atoms with Crippen LogP contribution in [0.15, 0.2) is 12.4 Å². The van der Waals surface area contributed by atoms with Gasteiger partial charge in [-0.3, -0.25) is 0 Å². The van der Waals surface area contributed by atoms with Crippen molar-refractivity contribution >= 4 is 0 Å². The van der Waals surface area contributed by atoms with Gasteiger partial charge in [0.05, 0.1) is 0 Å². The van der Waals surface area contributed by atoms with Crippen LogP contribution in [0.25, 0.3) is 0 Å². The SMILES string of the molecule is CCCNCCC(C)n1ccnc1C. The molecule has 1 aromatic rings. The van der Waals surface area contributed by atoms with Gasteiger partial charge in [-0.05, 0) is 39.8 Å². The molecule has 0 saturated heterocycles. The number of aromatic nitrogens is 2. The van der Waals surface area contributed by atoms with Gasteiger partial charge in [-0.25, -0.2) is 4.98 Å². The van der Waals surface area contributed by atoms with Crippen LogP contribution in [0.1, 0.15) is 38.6 Å². The van der Waals surface area contributed by atoms with Gasteiger partial charge in [0.15, 0.2) is 0 Å². The highest BCUT2D eigenvalue weighted by molar-refractivity contribution is 4.91. The van der Waals surface area contributed by atoms with Crippen molar-refractivity contribution in [3.05, 3.63) is 18.2 Å². The lowest BCUT2D eigenvalue weighted by atomic mass is 10.2. The van der Waals surface area contributed by atoms with Gasteiger partial charge in [0.25, 0.3) is 0 Å². The molecule has 14 heavy (non-hydrogen) atoms. The van der Waals surface area contributed by atoms with Crippen LogP contribution in [-0.4, -0.2) is 22.6 Å². The molecule has 1 unspecified atom stereocenters. The molecule has 1 rings (SSSR count). The van der Waals surface area contributed by atoms with Crippen molar-refractivity contribution < 1.29 is 0 Å². The topological polar surface area (TPSA) is 29.9 Å². The predicted octanol–water partition coefficient (Wildman–Crippen LogP) is 2.14. The summed E-state index contributed by atoms with van der Waals surface area (Å²) in [5.74, 6) is 1.10. The second kappa shape index (κ2) is 5.81. The van der Waals surface area contributed by atoms with E-state index < -0.39 is 0 Å². The maximum atomic E-state index is 4.22. The number of aryl methyl sites for hydroxylation is 1. The number of hydrogen-bond acceptors (Lipinski definition) is 2. The minimum Gasteiger partial charge on any atom is -0.332 e. The lowest BCUT2D eigenvalue weighted by Crippen LogP contribution is -2.19. The summed E-state index contributed by atoms with van der Waals surface area (Å²) in [7, 11) is 0. The normalized spacial score (nSPS) is 13.1. The van der Waals surface area contributed by atoms with E-state index in [2.05, 4.69) is 41.8 Å². The van der Waals surface area contributed by atoms with Gasteiger partial charge in [0.1, 0.15) is 5.82 Å². The summed E-state index contributed by atoms with van der Waals surface area (Å²) in [6.45, 7) is 8.69. The first-order valence-corrected chi connectivity index (χ1v) is 5.45. The molecule has 0 saturated carbocycles. The molecule has 0 bridgehead atoms. The van der Waals surface area contributed by atoms with Crippen molar-refractivity contribution in [3.63, 3.8) is 0 Å². The van der Waals surface area contributed by atoms with Crippen LogP contribution in [0.4, 0.5) is 0 Å². The molecular formula is C11H21N3. The van der Waals surface area contributed by atoms with E-state index in [4.69, 9.17) is 0 Å². The second-order valence-corrected chi connectivity index (χ2v) is 3.77. The Hall–Kier alpha value is -0.830. The van der Waals surface area contributed by atoms with Crippen molar-refractivity contribution in [3.8, 4) is 0 Å². The molecule has 0 aliphatic rings. The zero-order valence-electron chi connectivity index (χ0n) is 9.45. The van der Waals surface area contributed by atoms with E-state index in [0.717, 1.165) is 25.3 Å². The Kier molecular flexibility index (Phi) is 4.66. The van der Waals surface area contributed by atoms with Crippen LogP contribution in [-0.2, 0) is 0 Å². The highest BCUT2D eigenvalue weighted by Gasteiger charge is 2.05. The number of nitrogens with one attached hydrogen (secondary N) is 1. The third-order valence-corrected chi connectivity index (χ3v) is 2.50. The summed E-state index contributed by atoms with van der Waals surface area (Å²) in [6.07, 6.45) is 6.29. The van der Waals surface area contributed by atoms with E-state index in [-0.39, 0.29) is 0 Å². The Morgan fingerprint density at radius 1 is 1.50 bits per heavy atom. The largest absolute Gasteiger partial charge is 0.332 e. The van der Waals surface area contributed by atoms with E-state index in [1.54, 1.807) is 0 Å². The summed E-state index contributed by atoms with van der Waals surface area (Å²) >= 11 is 0. The molecule has 0 radical (unpaired) electrons. The van der Waals surface area contributed by atoms with Crippen molar-refractivity contribution in [2.45, 2.75) is 39.7 Å². The molecule has 1 aromatic heterocycles. The van der Waals surface area contributed by atoms with Crippen LogP contribution >= 0.6 is 0 Å². The molecule has 0 aliphatic carbocycles. The molecule has 0 aromatic carbocycles. The summed E-state index contributed by atoms with van der Waals surface area (Å²) in [5.41, 5.74) is 0. The Morgan fingerprint density at radius 3 is 2.86 bits per heavy atom. The van der Waals surface area contributed by atoms with Crippen LogP contribution in [0.5, 0.6) is 0 Å². The van der Waals surface area contributed by atoms with E-state index in [1.165, 1.54) is 6.42 Å². The lowest BCUT2D eigenvalue weighted by molar-refractivity contribution is 0.474. The van der Waals surface area contributed by atoms with Gasteiger partial charge in [0, 0.05) is 18.4 Å². The molecule has 0 spiro atoms. The summed E-state index contributed by atoms with van der Waals surface area (Å²) in [6, 6.07) is 0.543. The highest BCUT2D eigenvalue weighted by atomic mass is 15.1.